The first-order valence-electron chi connectivity index (χ1n) is 23.3. The number of nitrogens with one attached hydrogen (secondary N) is 6. The molecule has 418 valence electrons. The van der Waals surface area contributed by atoms with Crippen molar-refractivity contribution in [2.24, 2.45) is 0 Å². The molecule has 0 aliphatic heterocycles. The Bertz CT molecular complexity index is 3360. The van der Waals surface area contributed by atoms with E-state index in [1.54, 1.807) is 59.1 Å². The van der Waals surface area contributed by atoms with E-state index in [4.69, 9.17) is 24.0 Å². The van der Waals surface area contributed by atoms with Crippen molar-refractivity contribution in [3.05, 3.63) is 189 Å². The SMILES string of the molecule is C.COC(=O)N[C@H](Cc1ccccc1)C(=O)N[C@H](Cc1ccc(NS(=O)(=O)O)cc1)c1csc(-c2cccs2)n1.COC(=O)N[C@H](Cc1ccccc1)C(=O)N[C@H](Cc1ccc(N[S-](=O)=O)cc1)c1csc(-c2cccs2)n1.[Na+].[OH-]. The molecule has 4 atom stereocenters. The standard InChI is InChI=1S/C26H26N4O6S3.C26H25N4O5S3.CH4.Na.H2O/c1-36-26(32)29-21(15-17-6-3-2-4-7-17)24(31)27-20(22-16-38-25(28-22)23-8-5-13-37-23)14-18-9-11-19(12-10-18)30-39(33,34)35;1-35-26(32)29-21(15-17-6-3-2-4-7-17)24(31)27-20(14-18-9-11-19(12-10-18)30-38(33)34)22-16-37-25(28-22)23-8-5-13-36-23;;;/h2-13,16,20-21,30H,14-15H2,1H3,(H,27,31)(H,29,32)(H,33,34,35);2-13,16,20-21H,14-15H2,1H3,(H,27,31)(H,29,32)(H,30,33,34);1H4;;1H2/q;-1;;+1;/p-1/t2*20-,21-;;;/m11.../s1. The van der Waals surface area contributed by atoms with E-state index in [0.29, 0.717) is 29.9 Å². The van der Waals surface area contributed by atoms with Crippen molar-refractivity contribution in [2.75, 3.05) is 23.7 Å². The minimum absolute atomic E-state index is 0. The number of ether oxygens (including phenoxy) is 2. The third-order valence-electron chi connectivity index (χ3n) is 11.2. The van der Waals surface area contributed by atoms with Crippen LogP contribution in [0.15, 0.2) is 155 Å². The fourth-order valence-corrected chi connectivity index (χ4v) is 11.7. The van der Waals surface area contributed by atoms with Crippen LogP contribution in [0.5, 0.6) is 0 Å². The van der Waals surface area contributed by atoms with Gasteiger partial charge in [-0.25, -0.2) is 19.6 Å². The Hall–Kier alpha value is -6.56. The van der Waals surface area contributed by atoms with Gasteiger partial charge in [-0.1, -0.05) is 104 Å². The molecule has 4 aromatic carbocycles. The van der Waals surface area contributed by atoms with Crippen LogP contribution in [0.1, 0.15) is 53.2 Å². The molecular formula is C53H56N8NaO12S6-. The molecule has 8 N–H and O–H groups in total. The number of hydrogen-bond donors (Lipinski definition) is 7. The third kappa shape index (κ3) is 20.8. The van der Waals surface area contributed by atoms with Crippen molar-refractivity contribution in [3.8, 4) is 19.8 Å². The van der Waals surface area contributed by atoms with Crippen molar-refractivity contribution >= 4 is 102 Å². The molecule has 0 aliphatic rings. The number of nitrogens with zero attached hydrogens (tertiary/aromatic N) is 2. The van der Waals surface area contributed by atoms with Gasteiger partial charge in [0, 0.05) is 40.2 Å². The molecule has 0 spiro atoms. The number of methoxy groups -OCH3 is 2. The van der Waals surface area contributed by atoms with Gasteiger partial charge in [0.2, 0.25) is 11.8 Å². The summed E-state index contributed by atoms with van der Waals surface area (Å²) in [6.07, 6.45) is -0.165. The molecule has 80 heavy (non-hydrogen) atoms. The monoisotopic (exact) mass is 1210 g/mol. The number of hydrogen-bond acceptors (Lipinski definition) is 18. The van der Waals surface area contributed by atoms with Crippen molar-refractivity contribution in [1.82, 2.24) is 31.2 Å². The Labute approximate surface area is 503 Å². The average Bonchev–Trinajstić information content (AvgIpc) is 4.32. The van der Waals surface area contributed by atoms with Crippen molar-refractivity contribution in [2.45, 2.75) is 57.3 Å². The van der Waals surface area contributed by atoms with Crippen LogP contribution in [0.2, 0.25) is 0 Å². The molecule has 4 amide bonds. The maximum atomic E-state index is 13.5. The summed E-state index contributed by atoms with van der Waals surface area (Å²) >= 11 is 6.09. The molecule has 0 unspecified atom stereocenters. The Balaban J connectivity index is 0.000000332. The number of anilines is 2. The molecule has 0 radical (unpaired) electrons. The van der Waals surface area contributed by atoms with Crippen LogP contribution in [0.3, 0.4) is 0 Å². The maximum Gasteiger partial charge on any atom is 1.00 e. The second-order valence-electron chi connectivity index (χ2n) is 16.7. The average molecular weight is 1210 g/mol. The van der Waals surface area contributed by atoms with Crippen LogP contribution in [0, 0.1) is 0 Å². The van der Waals surface area contributed by atoms with E-state index in [1.807, 2.05) is 111 Å². The van der Waals surface area contributed by atoms with Gasteiger partial charge in [0.15, 0.2) is 0 Å². The molecule has 4 heterocycles. The van der Waals surface area contributed by atoms with E-state index >= 15 is 0 Å². The minimum atomic E-state index is -4.40. The molecule has 0 fully saturated rings. The molecule has 8 aromatic rings. The van der Waals surface area contributed by atoms with Gasteiger partial charge in [0.05, 0.1) is 53.1 Å². The van der Waals surface area contributed by atoms with Crippen LogP contribution >= 0.6 is 45.3 Å². The van der Waals surface area contributed by atoms with Gasteiger partial charge in [-0.3, -0.25) is 18.9 Å². The first kappa shape index (κ1) is 66.0. The van der Waals surface area contributed by atoms with Gasteiger partial charge >= 0.3 is 52.0 Å². The number of alkyl carbamates (subject to hydrolysis) is 2. The van der Waals surface area contributed by atoms with Gasteiger partial charge in [-0.05, 0) is 82.3 Å². The fraction of sp³-hybridized carbons (Fsp3) is 0.208. The molecule has 4 aromatic heterocycles. The van der Waals surface area contributed by atoms with Crippen molar-refractivity contribution < 1.29 is 85.1 Å². The summed E-state index contributed by atoms with van der Waals surface area (Å²) < 4.78 is 66.9. The summed E-state index contributed by atoms with van der Waals surface area (Å²) in [7, 11) is -4.34. The first-order valence-corrected chi connectivity index (χ1v) is 29.3. The van der Waals surface area contributed by atoms with Crippen LogP contribution < -0.4 is 60.3 Å². The van der Waals surface area contributed by atoms with Crippen LogP contribution in [0.25, 0.3) is 19.8 Å². The van der Waals surface area contributed by atoms with Gasteiger partial charge in [0.1, 0.15) is 22.1 Å². The number of benzene rings is 4. The van der Waals surface area contributed by atoms with Gasteiger partial charge in [0.25, 0.3) is 0 Å². The summed E-state index contributed by atoms with van der Waals surface area (Å²) in [5.74, 6) is -0.792. The second-order valence-corrected chi connectivity index (χ2v) is 22.1. The normalized spacial score (nSPS) is 12.2. The molecule has 8 rings (SSSR count). The van der Waals surface area contributed by atoms with E-state index < -0.39 is 63.5 Å². The van der Waals surface area contributed by atoms with Crippen LogP contribution in [0.4, 0.5) is 21.0 Å². The molecule has 27 heteroatoms. The van der Waals surface area contributed by atoms with Gasteiger partial charge in [-0.2, -0.15) is 8.42 Å². The predicted octanol–water partition coefficient (Wildman–Crippen LogP) is 6.79. The van der Waals surface area contributed by atoms with Crippen LogP contribution in [-0.4, -0.2) is 78.7 Å². The predicted molar refractivity (Wildman–Crippen MR) is 308 cm³/mol. The minimum Gasteiger partial charge on any atom is -0.870 e. The summed E-state index contributed by atoms with van der Waals surface area (Å²) in [6.45, 7) is 0. The molecule has 0 saturated carbocycles. The largest absolute Gasteiger partial charge is 1.00 e. The summed E-state index contributed by atoms with van der Waals surface area (Å²) in [4.78, 5) is 62.7. The quantitative estimate of drug-likeness (QED) is 0.0209. The fourth-order valence-electron chi connectivity index (χ4n) is 7.58. The van der Waals surface area contributed by atoms with Crippen molar-refractivity contribution in [1.29, 1.82) is 0 Å². The summed E-state index contributed by atoms with van der Waals surface area (Å²) in [5, 5.41) is 20.7. The van der Waals surface area contributed by atoms with Crippen molar-refractivity contribution in [3.63, 3.8) is 0 Å². The molecular weight excluding hydrogens is 1160 g/mol. The van der Waals surface area contributed by atoms with E-state index in [9.17, 15) is 36.0 Å². The molecule has 0 saturated heterocycles. The number of carbonyl (C=O) groups excluding carboxylic acids is 4. The Morgan fingerprint density at radius 3 is 1.29 bits per heavy atom. The number of thiophene rings is 2. The number of amides is 4. The van der Waals surface area contributed by atoms with Crippen LogP contribution in [-0.2, 0) is 74.4 Å². The van der Waals surface area contributed by atoms with Gasteiger partial charge in [-0.15, -0.1) is 45.3 Å². The van der Waals surface area contributed by atoms with E-state index in [0.717, 1.165) is 42.0 Å². The van der Waals surface area contributed by atoms with Gasteiger partial charge < -0.3 is 49.4 Å². The Morgan fingerprint density at radius 1 is 0.550 bits per heavy atom. The molecule has 0 bridgehead atoms. The zero-order chi connectivity index (χ0) is 54.7. The molecule has 20 nitrogen and oxygen atoms in total. The number of carbonyl (C=O) groups is 4. The summed E-state index contributed by atoms with van der Waals surface area (Å²) in [6, 6.07) is 37.0. The summed E-state index contributed by atoms with van der Waals surface area (Å²) in [5.41, 5.74) is 5.35. The van der Waals surface area contributed by atoms with E-state index in [-0.39, 0.29) is 66.9 Å². The number of aromatic nitrogens is 2. The topological polar surface area (TPSA) is 303 Å². The number of thiazole rings is 2. The Kier molecular flexibility index (Phi) is 26.9. The van der Waals surface area contributed by atoms with E-state index in [2.05, 4.69) is 26.0 Å². The third-order valence-corrected chi connectivity index (χ3v) is 15.9. The van der Waals surface area contributed by atoms with E-state index in [1.165, 1.54) is 49.0 Å². The zero-order valence-electron chi connectivity index (χ0n) is 42.5. The maximum absolute atomic E-state index is 13.5. The smallest absolute Gasteiger partial charge is 0.870 e. The first-order chi connectivity index (χ1) is 37.1. The zero-order valence-corrected chi connectivity index (χ0v) is 49.4. The molecule has 0 aliphatic carbocycles. The number of rotatable bonds is 22. The Morgan fingerprint density at radius 2 is 0.938 bits per heavy atom. The second kappa shape index (κ2) is 32.6.